The highest BCUT2D eigenvalue weighted by molar-refractivity contribution is 9.10. The molecule has 0 bridgehead atoms. The van der Waals surface area contributed by atoms with E-state index >= 15 is 0 Å². The van der Waals surface area contributed by atoms with E-state index in [9.17, 15) is 4.79 Å². The monoisotopic (exact) mass is 312 g/mol. The molecule has 7 heteroatoms. The molecular weight excluding hydrogens is 304 g/mol. The van der Waals surface area contributed by atoms with Gasteiger partial charge in [-0.1, -0.05) is 24.3 Å². The lowest BCUT2D eigenvalue weighted by Gasteiger charge is -2.00. The molecule has 0 aliphatic heterocycles. The lowest BCUT2D eigenvalue weighted by molar-refractivity contribution is 0.102. The SMILES string of the molecule is CCc1nnc(NC(=O)c2cccc(Br)n2)s1. The molecular formula is C10H9BrN4OS. The molecule has 0 saturated heterocycles. The minimum absolute atomic E-state index is 0.287. The highest BCUT2D eigenvalue weighted by atomic mass is 79.9. The van der Waals surface area contributed by atoms with Crippen molar-refractivity contribution in [1.82, 2.24) is 15.2 Å². The second-order valence-corrected chi connectivity index (χ2v) is 5.03. The lowest BCUT2D eigenvalue weighted by Crippen LogP contribution is -2.13. The van der Waals surface area contributed by atoms with Gasteiger partial charge in [0.2, 0.25) is 5.13 Å². The smallest absolute Gasteiger partial charge is 0.276 e. The second-order valence-electron chi connectivity index (χ2n) is 3.15. The molecule has 17 heavy (non-hydrogen) atoms. The molecule has 1 amide bonds. The number of pyridine rings is 1. The fraction of sp³-hybridized carbons (Fsp3) is 0.200. The molecule has 1 N–H and O–H groups in total. The normalized spacial score (nSPS) is 10.2. The summed E-state index contributed by atoms with van der Waals surface area (Å²) in [7, 11) is 0. The molecule has 0 saturated carbocycles. The van der Waals surface area contributed by atoms with Crippen molar-refractivity contribution in [1.29, 1.82) is 0 Å². The predicted octanol–water partition coefficient (Wildman–Crippen LogP) is 2.51. The predicted molar refractivity (Wildman–Crippen MR) is 69.2 cm³/mol. The van der Waals surface area contributed by atoms with E-state index in [2.05, 4.69) is 36.4 Å². The van der Waals surface area contributed by atoms with Crippen LogP contribution in [0, 0.1) is 0 Å². The molecule has 5 nitrogen and oxygen atoms in total. The largest absolute Gasteiger partial charge is 0.295 e. The summed E-state index contributed by atoms with van der Waals surface area (Å²) in [6.07, 6.45) is 0.808. The van der Waals surface area contributed by atoms with Crippen molar-refractivity contribution in [3.8, 4) is 0 Å². The summed E-state index contributed by atoms with van der Waals surface area (Å²) in [4.78, 5) is 15.9. The number of anilines is 1. The van der Waals surface area contributed by atoms with Gasteiger partial charge in [-0.25, -0.2) is 4.98 Å². The Hall–Kier alpha value is -1.34. The number of aromatic nitrogens is 3. The molecule has 2 heterocycles. The number of nitrogens with one attached hydrogen (secondary N) is 1. The average molecular weight is 313 g/mol. The van der Waals surface area contributed by atoms with Crippen molar-refractivity contribution in [3.63, 3.8) is 0 Å². The number of hydrogen-bond donors (Lipinski definition) is 1. The van der Waals surface area contributed by atoms with Gasteiger partial charge in [0.15, 0.2) is 0 Å². The lowest BCUT2D eigenvalue weighted by atomic mass is 10.3. The first kappa shape index (κ1) is 12.1. The molecule has 0 aliphatic rings. The molecule has 0 aliphatic carbocycles. The zero-order chi connectivity index (χ0) is 12.3. The molecule has 0 fully saturated rings. The molecule has 0 aromatic carbocycles. The van der Waals surface area contributed by atoms with Crippen molar-refractivity contribution in [2.75, 3.05) is 5.32 Å². The zero-order valence-corrected chi connectivity index (χ0v) is 11.4. The fourth-order valence-electron chi connectivity index (χ4n) is 1.14. The molecule has 2 rings (SSSR count). The van der Waals surface area contributed by atoms with Crippen molar-refractivity contribution < 1.29 is 4.79 Å². The second kappa shape index (κ2) is 5.33. The van der Waals surface area contributed by atoms with E-state index in [-0.39, 0.29) is 5.91 Å². The van der Waals surface area contributed by atoms with E-state index in [0.29, 0.717) is 15.4 Å². The highest BCUT2D eigenvalue weighted by Crippen LogP contribution is 2.16. The van der Waals surface area contributed by atoms with Gasteiger partial charge in [0.1, 0.15) is 15.3 Å². The minimum Gasteiger partial charge on any atom is -0.295 e. The summed E-state index contributed by atoms with van der Waals surface area (Å²) in [5, 5.41) is 11.8. The first-order valence-corrected chi connectivity index (χ1v) is 6.56. The maximum Gasteiger partial charge on any atom is 0.276 e. The maximum atomic E-state index is 11.8. The molecule has 2 aromatic heterocycles. The van der Waals surface area contributed by atoms with Crippen LogP contribution in [0.25, 0.3) is 0 Å². The molecule has 0 radical (unpaired) electrons. The van der Waals surface area contributed by atoms with Crippen LogP contribution in [0.4, 0.5) is 5.13 Å². The van der Waals surface area contributed by atoms with Crippen LogP contribution in [0.5, 0.6) is 0 Å². The van der Waals surface area contributed by atoms with Gasteiger partial charge in [0.05, 0.1) is 0 Å². The van der Waals surface area contributed by atoms with Gasteiger partial charge in [-0.15, -0.1) is 10.2 Å². The summed E-state index contributed by atoms with van der Waals surface area (Å²) in [5.74, 6) is -0.287. The quantitative estimate of drug-likeness (QED) is 0.884. The van der Waals surface area contributed by atoms with Gasteiger partial charge in [-0.05, 0) is 34.5 Å². The highest BCUT2D eigenvalue weighted by Gasteiger charge is 2.10. The summed E-state index contributed by atoms with van der Waals surface area (Å²) < 4.78 is 0.622. The van der Waals surface area contributed by atoms with Gasteiger partial charge >= 0.3 is 0 Å². The van der Waals surface area contributed by atoms with Crippen LogP contribution in [-0.4, -0.2) is 21.1 Å². The number of nitrogens with zero attached hydrogens (tertiary/aromatic N) is 3. The van der Waals surface area contributed by atoms with Gasteiger partial charge in [-0.3, -0.25) is 10.1 Å². The fourth-order valence-corrected chi connectivity index (χ4v) is 2.16. The van der Waals surface area contributed by atoms with E-state index in [0.717, 1.165) is 11.4 Å². The van der Waals surface area contributed by atoms with Gasteiger partial charge in [-0.2, -0.15) is 0 Å². The molecule has 2 aromatic rings. The Balaban J connectivity index is 2.11. The van der Waals surface area contributed by atoms with Crippen LogP contribution in [0.3, 0.4) is 0 Å². The average Bonchev–Trinajstić information content (AvgIpc) is 2.77. The van der Waals surface area contributed by atoms with Crippen LogP contribution in [0.15, 0.2) is 22.8 Å². The zero-order valence-electron chi connectivity index (χ0n) is 8.98. The van der Waals surface area contributed by atoms with Gasteiger partial charge in [0.25, 0.3) is 5.91 Å². The summed E-state index contributed by atoms with van der Waals surface area (Å²) >= 11 is 4.58. The van der Waals surface area contributed by atoms with Crippen LogP contribution in [0.1, 0.15) is 22.4 Å². The minimum atomic E-state index is -0.287. The number of hydrogen-bond acceptors (Lipinski definition) is 5. The Kier molecular flexibility index (Phi) is 3.80. The number of aryl methyl sites for hydroxylation is 1. The van der Waals surface area contributed by atoms with Crippen LogP contribution in [0.2, 0.25) is 0 Å². The van der Waals surface area contributed by atoms with Gasteiger partial charge in [0, 0.05) is 0 Å². The first-order valence-electron chi connectivity index (χ1n) is 4.95. The standard InChI is InChI=1S/C10H9BrN4OS/c1-2-8-14-15-10(17-8)13-9(16)6-4-3-5-7(11)12-6/h3-5H,2H2,1H3,(H,13,15,16). The Morgan fingerprint density at radius 3 is 2.94 bits per heavy atom. The third kappa shape index (κ3) is 3.07. The van der Waals surface area contributed by atoms with Crippen LogP contribution in [-0.2, 0) is 6.42 Å². The first-order chi connectivity index (χ1) is 8.19. The number of rotatable bonds is 3. The topological polar surface area (TPSA) is 67.8 Å². The summed E-state index contributed by atoms with van der Waals surface area (Å²) in [6.45, 7) is 1.99. The van der Waals surface area contributed by atoms with E-state index < -0.39 is 0 Å². The van der Waals surface area contributed by atoms with Gasteiger partial charge < -0.3 is 0 Å². The van der Waals surface area contributed by atoms with E-state index in [1.807, 2.05) is 6.92 Å². The summed E-state index contributed by atoms with van der Waals surface area (Å²) in [5.41, 5.74) is 0.340. The van der Waals surface area contributed by atoms with Crippen molar-refractivity contribution in [3.05, 3.63) is 33.5 Å². The number of halogens is 1. The van der Waals surface area contributed by atoms with Crippen molar-refractivity contribution >= 4 is 38.3 Å². The molecule has 0 atom stereocenters. The third-order valence-corrected chi connectivity index (χ3v) is 3.36. The third-order valence-electron chi connectivity index (χ3n) is 1.94. The van der Waals surface area contributed by atoms with Crippen molar-refractivity contribution in [2.45, 2.75) is 13.3 Å². The molecule has 88 valence electrons. The van der Waals surface area contributed by atoms with Crippen LogP contribution < -0.4 is 5.32 Å². The number of amides is 1. The number of carbonyl (C=O) groups is 1. The molecule has 0 spiro atoms. The van der Waals surface area contributed by atoms with Crippen LogP contribution >= 0.6 is 27.3 Å². The molecule has 0 unspecified atom stereocenters. The number of carbonyl (C=O) groups excluding carboxylic acids is 1. The Labute approximate surface area is 110 Å². The van der Waals surface area contributed by atoms with E-state index in [1.54, 1.807) is 18.2 Å². The van der Waals surface area contributed by atoms with Crippen molar-refractivity contribution in [2.24, 2.45) is 0 Å². The van der Waals surface area contributed by atoms with E-state index in [4.69, 9.17) is 0 Å². The Bertz CT molecular complexity index is 543. The summed E-state index contributed by atoms with van der Waals surface area (Å²) in [6, 6.07) is 5.16. The Morgan fingerprint density at radius 1 is 1.47 bits per heavy atom. The maximum absolute atomic E-state index is 11.8. The van der Waals surface area contributed by atoms with E-state index in [1.165, 1.54) is 11.3 Å². The Morgan fingerprint density at radius 2 is 2.29 bits per heavy atom.